The van der Waals surface area contributed by atoms with E-state index in [0.29, 0.717) is 6.54 Å². The predicted molar refractivity (Wildman–Crippen MR) is 90.7 cm³/mol. The second kappa shape index (κ2) is 6.07. The van der Waals surface area contributed by atoms with Crippen molar-refractivity contribution in [2.45, 2.75) is 31.1 Å². The molecule has 0 N–H and O–H groups in total. The SMILES string of the molecule is CN(C)CC(=O)N1CCCC2(CCc3cnc(N(C)C)nc32)C1. The van der Waals surface area contributed by atoms with Gasteiger partial charge in [0.1, 0.15) is 0 Å². The van der Waals surface area contributed by atoms with Gasteiger partial charge in [0.2, 0.25) is 11.9 Å². The van der Waals surface area contributed by atoms with E-state index in [-0.39, 0.29) is 11.3 Å². The van der Waals surface area contributed by atoms with Gasteiger partial charge in [-0.05, 0) is 45.3 Å². The molecule has 2 aliphatic rings. The quantitative estimate of drug-likeness (QED) is 0.829. The van der Waals surface area contributed by atoms with Crippen LogP contribution < -0.4 is 4.90 Å². The lowest BCUT2D eigenvalue weighted by atomic mass is 9.77. The zero-order valence-electron chi connectivity index (χ0n) is 14.7. The highest BCUT2D eigenvalue weighted by atomic mass is 16.2. The van der Waals surface area contributed by atoms with Crippen LogP contribution in [-0.2, 0) is 16.6 Å². The molecule has 0 saturated carbocycles. The first-order valence-electron chi connectivity index (χ1n) is 8.37. The summed E-state index contributed by atoms with van der Waals surface area (Å²) >= 11 is 0. The molecule has 0 radical (unpaired) electrons. The topological polar surface area (TPSA) is 52.6 Å². The van der Waals surface area contributed by atoms with E-state index in [0.717, 1.165) is 44.7 Å². The minimum Gasteiger partial charge on any atom is -0.347 e. The van der Waals surface area contributed by atoms with Crippen molar-refractivity contribution < 1.29 is 4.79 Å². The fraction of sp³-hybridized carbons (Fsp3) is 0.706. The minimum atomic E-state index is 0.0310. The Hall–Kier alpha value is -1.69. The molecule has 3 rings (SSSR count). The number of aryl methyl sites for hydroxylation is 1. The van der Waals surface area contributed by atoms with Gasteiger partial charge in [-0.1, -0.05) is 0 Å². The van der Waals surface area contributed by atoms with Gasteiger partial charge in [-0.2, -0.15) is 0 Å². The van der Waals surface area contributed by atoms with Crippen LogP contribution in [0.4, 0.5) is 5.95 Å². The van der Waals surface area contributed by atoms with Crippen molar-refractivity contribution in [3.05, 3.63) is 17.5 Å². The first-order valence-corrected chi connectivity index (χ1v) is 8.37. The number of likely N-dealkylation sites (N-methyl/N-ethyl adjacent to an activating group) is 1. The highest BCUT2D eigenvalue weighted by Gasteiger charge is 2.44. The third kappa shape index (κ3) is 3.04. The van der Waals surface area contributed by atoms with E-state index < -0.39 is 0 Å². The van der Waals surface area contributed by atoms with Crippen LogP contribution in [0.15, 0.2) is 6.20 Å². The first-order chi connectivity index (χ1) is 10.9. The number of amides is 1. The van der Waals surface area contributed by atoms with Crippen LogP contribution in [0, 0.1) is 0 Å². The Morgan fingerprint density at radius 2 is 2.09 bits per heavy atom. The van der Waals surface area contributed by atoms with E-state index in [1.54, 1.807) is 0 Å². The third-order valence-electron chi connectivity index (χ3n) is 5.01. The molecule has 1 amide bonds. The lowest BCUT2D eigenvalue weighted by molar-refractivity contribution is -0.134. The second-order valence-electron chi connectivity index (χ2n) is 7.38. The van der Waals surface area contributed by atoms with E-state index in [2.05, 4.69) is 4.98 Å². The van der Waals surface area contributed by atoms with Crippen molar-refractivity contribution in [3.63, 3.8) is 0 Å². The normalized spacial score (nSPS) is 23.4. The highest BCUT2D eigenvalue weighted by Crippen LogP contribution is 2.44. The summed E-state index contributed by atoms with van der Waals surface area (Å²) in [6.45, 7) is 2.15. The number of hydrogen-bond donors (Lipinski definition) is 0. The van der Waals surface area contributed by atoms with Gasteiger partial charge in [0.25, 0.3) is 0 Å². The molecular formula is C17H27N5O. The molecule has 1 aliphatic heterocycles. The van der Waals surface area contributed by atoms with Gasteiger partial charge in [-0.15, -0.1) is 0 Å². The number of fused-ring (bicyclic) bond motifs is 2. The maximum atomic E-state index is 12.5. The zero-order valence-corrected chi connectivity index (χ0v) is 14.7. The van der Waals surface area contributed by atoms with Crippen molar-refractivity contribution in [2.75, 3.05) is 52.7 Å². The van der Waals surface area contributed by atoms with Crippen molar-refractivity contribution in [1.82, 2.24) is 19.8 Å². The van der Waals surface area contributed by atoms with Crippen LogP contribution in [0.2, 0.25) is 0 Å². The number of likely N-dealkylation sites (tertiary alicyclic amines) is 1. The zero-order chi connectivity index (χ0) is 16.6. The number of aromatic nitrogens is 2. The van der Waals surface area contributed by atoms with E-state index in [1.807, 2.05) is 49.1 Å². The second-order valence-corrected chi connectivity index (χ2v) is 7.38. The number of rotatable bonds is 3. The largest absolute Gasteiger partial charge is 0.347 e. The van der Waals surface area contributed by atoms with Gasteiger partial charge in [0, 0.05) is 38.8 Å². The molecule has 1 atom stereocenters. The molecule has 1 aromatic heterocycles. The Morgan fingerprint density at radius 3 is 2.78 bits per heavy atom. The van der Waals surface area contributed by atoms with Crippen molar-refractivity contribution in [2.24, 2.45) is 0 Å². The van der Waals surface area contributed by atoms with Gasteiger partial charge in [0.05, 0.1) is 12.2 Å². The summed E-state index contributed by atoms with van der Waals surface area (Å²) < 4.78 is 0. The summed E-state index contributed by atoms with van der Waals surface area (Å²) in [5, 5.41) is 0. The molecule has 0 aromatic carbocycles. The number of hydrogen-bond acceptors (Lipinski definition) is 5. The lowest BCUT2D eigenvalue weighted by Crippen LogP contribution is -2.50. The number of carbonyl (C=O) groups excluding carboxylic acids is 1. The molecule has 23 heavy (non-hydrogen) atoms. The lowest BCUT2D eigenvalue weighted by Gasteiger charge is -2.41. The van der Waals surface area contributed by atoms with E-state index in [4.69, 9.17) is 4.98 Å². The van der Waals surface area contributed by atoms with Crippen LogP contribution >= 0.6 is 0 Å². The summed E-state index contributed by atoms with van der Waals surface area (Å²) in [4.78, 5) is 27.7. The van der Waals surface area contributed by atoms with E-state index in [1.165, 1.54) is 11.3 Å². The van der Waals surface area contributed by atoms with Crippen molar-refractivity contribution in [3.8, 4) is 0 Å². The number of nitrogens with zero attached hydrogens (tertiary/aromatic N) is 5. The molecule has 1 saturated heterocycles. The molecule has 1 fully saturated rings. The van der Waals surface area contributed by atoms with E-state index >= 15 is 0 Å². The van der Waals surface area contributed by atoms with E-state index in [9.17, 15) is 4.79 Å². The number of piperidine rings is 1. The van der Waals surface area contributed by atoms with Gasteiger partial charge >= 0.3 is 0 Å². The molecule has 1 unspecified atom stereocenters. The summed E-state index contributed by atoms with van der Waals surface area (Å²) in [7, 11) is 7.83. The molecule has 1 aliphatic carbocycles. The van der Waals surface area contributed by atoms with Crippen molar-refractivity contribution in [1.29, 1.82) is 0 Å². The third-order valence-corrected chi connectivity index (χ3v) is 5.01. The fourth-order valence-corrected chi connectivity index (χ4v) is 3.86. The molecule has 6 heteroatoms. The minimum absolute atomic E-state index is 0.0310. The summed E-state index contributed by atoms with van der Waals surface area (Å²) in [5.41, 5.74) is 2.47. The maximum Gasteiger partial charge on any atom is 0.236 e. The predicted octanol–water partition coefficient (Wildman–Crippen LogP) is 0.911. The Bertz CT molecular complexity index is 597. The first kappa shape index (κ1) is 16.2. The fourth-order valence-electron chi connectivity index (χ4n) is 3.86. The Labute approximate surface area is 138 Å². The highest BCUT2D eigenvalue weighted by molar-refractivity contribution is 5.78. The van der Waals surface area contributed by atoms with Crippen molar-refractivity contribution >= 4 is 11.9 Å². The molecular weight excluding hydrogens is 290 g/mol. The standard InChI is InChI=1S/C17H27N5O/c1-20(2)11-14(23)22-9-5-7-17(12-22)8-6-13-10-18-16(21(3)4)19-15(13)17/h10H,5-9,11-12H2,1-4H3. The molecule has 6 nitrogen and oxygen atoms in total. The molecule has 0 bridgehead atoms. The average Bonchev–Trinajstić information content (AvgIpc) is 2.84. The summed E-state index contributed by atoms with van der Waals surface area (Å²) in [6.07, 6.45) is 6.26. The van der Waals surface area contributed by atoms with Crippen LogP contribution in [0.25, 0.3) is 0 Å². The maximum absolute atomic E-state index is 12.5. The monoisotopic (exact) mass is 317 g/mol. The Balaban J connectivity index is 1.86. The van der Waals surface area contributed by atoms with Gasteiger partial charge < -0.3 is 14.7 Å². The van der Waals surface area contributed by atoms with Crippen LogP contribution in [0.3, 0.4) is 0 Å². The molecule has 1 spiro atoms. The van der Waals surface area contributed by atoms with Crippen LogP contribution in [0.5, 0.6) is 0 Å². The Morgan fingerprint density at radius 1 is 1.30 bits per heavy atom. The van der Waals surface area contributed by atoms with Crippen LogP contribution in [-0.4, -0.2) is 73.5 Å². The summed E-state index contributed by atoms with van der Waals surface area (Å²) in [6, 6.07) is 0. The molecule has 2 heterocycles. The molecule has 1 aromatic rings. The summed E-state index contributed by atoms with van der Waals surface area (Å²) in [5.74, 6) is 0.992. The van der Waals surface area contributed by atoms with Gasteiger partial charge in [0.15, 0.2) is 0 Å². The number of anilines is 1. The van der Waals surface area contributed by atoms with Gasteiger partial charge in [-0.3, -0.25) is 4.79 Å². The van der Waals surface area contributed by atoms with Crippen LogP contribution in [0.1, 0.15) is 30.5 Å². The Kier molecular flexibility index (Phi) is 4.27. The van der Waals surface area contributed by atoms with Gasteiger partial charge in [-0.25, -0.2) is 9.97 Å². The molecule has 126 valence electrons. The smallest absolute Gasteiger partial charge is 0.236 e. The average molecular weight is 317 g/mol. The number of carbonyl (C=O) groups is 1.